The van der Waals surface area contributed by atoms with E-state index in [1.165, 1.54) is 11.1 Å². The monoisotopic (exact) mass is 420 g/mol. The highest BCUT2D eigenvalue weighted by Crippen LogP contribution is 2.17. The fourth-order valence-corrected chi connectivity index (χ4v) is 3.21. The molecular formula is C26H28O5. The van der Waals surface area contributed by atoms with Crippen LogP contribution in [0.3, 0.4) is 0 Å². The van der Waals surface area contributed by atoms with E-state index in [1.807, 2.05) is 54.6 Å². The molecule has 0 saturated heterocycles. The fraction of sp³-hybridized carbons (Fsp3) is 0.269. The highest BCUT2D eigenvalue weighted by Gasteiger charge is 2.17. The van der Waals surface area contributed by atoms with Crippen molar-refractivity contribution in [2.75, 3.05) is 19.8 Å². The fourth-order valence-electron chi connectivity index (χ4n) is 3.21. The van der Waals surface area contributed by atoms with E-state index in [0.717, 1.165) is 17.7 Å². The summed E-state index contributed by atoms with van der Waals surface area (Å²) in [4.78, 5) is 11.2. The lowest BCUT2D eigenvalue weighted by atomic mass is 10.1. The first-order valence-corrected chi connectivity index (χ1v) is 10.5. The molecule has 1 unspecified atom stereocenters. The lowest BCUT2D eigenvalue weighted by Crippen LogP contribution is -2.26. The molecule has 0 aliphatic carbocycles. The maximum atomic E-state index is 11.2. The molecule has 0 fully saturated rings. The predicted molar refractivity (Wildman–Crippen MR) is 120 cm³/mol. The van der Waals surface area contributed by atoms with Gasteiger partial charge in [0.2, 0.25) is 0 Å². The first-order chi connectivity index (χ1) is 15.1. The van der Waals surface area contributed by atoms with Crippen LogP contribution in [0.5, 0.6) is 11.5 Å². The van der Waals surface area contributed by atoms with Gasteiger partial charge in [-0.2, -0.15) is 0 Å². The van der Waals surface area contributed by atoms with Gasteiger partial charge in [-0.3, -0.25) is 0 Å². The molecule has 1 N–H and O–H groups in total. The summed E-state index contributed by atoms with van der Waals surface area (Å²) in [5.74, 6) is 0.577. The molecule has 0 saturated carbocycles. The Bertz CT molecular complexity index is 920. The first kappa shape index (κ1) is 22.4. The average molecular weight is 421 g/mol. The molecule has 3 rings (SSSR count). The van der Waals surface area contributed by atoms with Gasteiger partial charge < -0.3 is 19.3 Å². The van der Waals surface area contributed by atoms with Crippen molar-refractivity contribution >= 4 is 5.97 Å². The number of carboxylic acids is 1. The average Bonchev–Trinajstić information content (AvgIpc) is 2.79. The highest BCUT2D eigenvalue weighted by atomic mass is 16.5. The standard InChI is InChI=1S/C26H28O5/c1-2-29-25(26(27)28)19-22-10-14-24(15-11-22)31-17-16-30-23-12-8-21(9-13-23)18-20-6-4-3-5-7-20/h3-15,25H,2,16-19H2,1H3,(H,27,28). The molecule has 3 aromatic carbocycles. The minimum absolute atomic E-state index is 0.326. The summed E-state index contributed by atoms with van der Waals surface area (Å²) in [5.41, 5.74) is 3.41. The van der Waals surface area contributed by atoms with Crippen LogP contribution in [0.15, 0.2) is 78.9 Å². The van der Waals surface area contributed by atoms with Crippen LogP contribution in [0.4, 0.5) is 0 Å². The molecule has 0 aromatic heterocycles. The SMILES string of the molecule is CCOC(Cc1ccc(OCCOc2ccc(Cc3ccccc3)cc2)cc1)C(=O)O. The zero-order valence-electron chi connectivity index (χ0n) is 17.7. The number of rotatable bonds is 12. The Morgan fingerprint density at radius 3 is 1.81 bits per heavy atom. The molecule has 0 aliphatic rings. The van der Waals surface area contributed by atoms with Gasteiger partial charge in [-0.05, 0) is 54.3 Å². The Labute approximate surface area is 183 Å². The number of aliphatic carboxylic acids is 1. The summed E-state index contributed by atoms with van der Waals surface area (Å²) in [6.45, 7) is 3.01. The van der Waals surface area contributed by atoms with Crippen molar-refractivity contribution in [2.45, 2.75) is 25.9 Å². The molecule has 5 heteroatoms. The molecule has 0 spiro atoms. The van der Waals surface area contributed by atoms with Crippen LogP contribution in [0.2, 0.25) is 0 Å². The number of carbonyl (C=O) groups is 1. The molecule has 3 aromatic rings. The van der Waals surface area contributed by atoms with Crippen molar-refractivity contribution in [3.63, 3.8) is 0 Å². The molecule has 5 nitrogen and oxygen atoms in total. The second-order valence-corrected chi connectivity index (χ2v) is 7.13. The number of hydrogen-bond donors (Lipinski definition) is 1. The largest absolute Gasteiger partial charge is 0.490 e. The number of hydrogen-bond acceptors (Lipinski definition) is 4. The van der Waals surface area contributed by atoms with Crippen molar-refractivity contribution in [3.8, 4) is 11.5 Å². The summed E-state index contributed by atoms with van der Waals surface area (Å²) in [6, 6.07) is 25.9. The van der Waals surface area contributed by atoms with E-state index < -0.39 is 12.1 Å². The lowest BCUT2D eigenvalue weighted by molar-refractivity contribution is -0.149. The molecule has 0 bridgehead atoms. The van der Waals surface area contributed by atoms with Gasteiger partial charge in [0.05, 0.1) is 0 Å². The summed E-state index contributed by atoms with van der Waals surface area (Å²) >= 11 is 0. The van der Waals surface area contributed by atoms with Crippen LogP contribution in [-0.2, 0) is 22.4 Å². The van der Waals surface area contributed by atoms with Gasteiger partial charge in [-0.15, -0.1) is 0 Å². The van der Waals surface area contributed by atoms with E-state index in [2.05, 4.69) is 24.3 Å². The van der Waals surface area contributed by atoms with Crippen LogP contribution in [-0.4, -0.2) is 37.0 Å². The van der Waals surface area contributed by atoms with E-state index >= 15 is 0 Å². The molecule has 0 radical (unpaired) electrons. The Morgan fingerprint density at radius 2 is 1.29 bits per heavy atom. The zero-order valence-corrected chi connectivity index (χ0v) is 17.7. The van der Waals surface area contributed by atoms with Crippen LogP contribution in [0, 0.1) is 0 Å². The summed E-state index contributed by atoms with van der Waals surface area (Å²) in [5, 5.41) is 9.18. The minimum atomic E-state index is -0.951. The van der Waals surface area contributed by atoms with Gasteiger partial charge >= 0.3 is 5.97 Å². The Kier molecular flexibility index (Phi) is 8.49. The second-order valence-electron chi connectivity index (χ2n) is 7.13. The van der Waals surface area contributed by atoms with Crippen molar-refractivity contribution in [1.29, 1.82) is 0 Å². The van der Waals surface area contributed by atoms with Crippen molar-refractivity contribution < 1.29 is 24.1 Å². The highest BCUT2D eigenvalue weighted by molar-refractivity contribution is 5.72. The van der Waals surface area contributed by atoms with E-state index in [0.29, 0.717) is 32.0 Å². The smallest absolute Gasteiger partial charge is 0.333 e. The van der Waals surface area contributed by atoms with Crippen LogP contribution in [0.1, 0.15) is 23.6 Å². The van der Waals surface area contributed by atoms with E-state index in [9.17, 15) is 9.90 Å². The molecule has 162 valence electrons. The summed E-state index contributed by atoms with van der Waals surface area (Å²) in [7, 11) is 0. The topological polar surface area (TPSA) is 65.0 Å². The third-order valence-corrected chi connectivity index (χ3v) is 4.78. The molecule has 0 aliphatic heterocycles. The third-order valence-electron chi connectivity index (χ3n) is 4.78. The number of ether oxygens (including phenoxy) is 3. The van der Waals surface area contributed by atoms with Crippen molar-refractivity contribution in [1.82, 2.24) is 0 Å². The minimum Gasteiger partial charge on any atom is -0.490 e. The molecular weight excluding hydrogens is 392 g/mol. The number of carboxylic acid groups (broad SMARTS) is 1. The van der Waals surface area contributed by atoms with E-state index in [4.69, 9.17) is 14.2 Å². The van der Waals surface area contributed by atoms with Gasteiger partial charge in [0.25, 0.3) is 0 Å². The second kappa shape index (κ2) is 11.8. The molecule has 31 heavy (non-hydrogen) atoms. The molecule has 0 heterocycles. The Morgan fingerprint density at radius 1 is 0.774 bits per heavy atom. The number of benzene rings is 3. The third kappa shape index (κ3) is 7.46. The normalized spacial score (nSPS) is 11.6. The van der Waals surface area contributed by atoms with Gasteiger partial charge in [-0.25, -0.2) is 4.79 Å². The van der Waals surface area contributed by atoms with Gasteiger partial charge in [0.15, 0.2) is 6.10 Å². The maximum Gasteiger partial charge on any atom is 0.333 e. The van der Waals surface area contributed by atoms with Crippen LogP contribution >= 0.6 is 0 Å². The van der Waals surface area contributed by atoms with Crippen molar-refractivity contribution in [3.05, 3.63) is 95.6 Å². The van der Waals surface area contributed by atoms with Gasteiger partial charge in [0, 0.05) is 13.0 Å². The van der Waals surface area contributed by atoms with E-state index in [1.54, 1.807) is 6.92 Å². The van der Waals surface area contributed by atoms with Crippen LogP contribution < -0.4 is 9.47 Å². The molecule has 1 atom stereocenters. The van der Waals surface area contributed by atoms with Gasteiger partial charge in [0.1, 0.15) is 24.7 Å². The first-order valence-electron chi connectivity index (χ1n) is 10.5. The van der Waals surface area contributed by atoms with Crippen molar-refractivity contribution in [2.24, 2.45) is 0 Å². The summed E-state index contributed by atoms with van der Waals surface area (Å²) in [6.07, 6.45) is 0.398. The predicted octanol–water partition coefficient (Wildman–Crippen LogP) is 4.77. The van der Waals surface area contributed by atoms with E-state index in [-0.39, 0.29) is 0 Å². The van der Waals surface area contributed by atoms with Gasteiger partial charge in [-0.1, -0.05) is 54.6 Å². The lowest BCUT2D eigenvalue weighted by Gasteiger charge is -2.13. The zero-order chi connectivity index (χ0) is 21.9. The Balaban J connectivity index is 1.40. The quantitative estimate of drug-likeness (QED) is 0.428. The summed E-state index contributed by atoms with van der Waals surface area (Å²) < 4.78 is 16.7. The molecule has 0 amide bonds. The Hall–Kier alpha value is -3.31. The maximum absolute atomic E-state index is 11.2. The van der Waals surface area contributed by atoms with Crippen LogP contribution in [0.25, 0.3) is 0 Å².